The van der Waals surface area contributed by atoms with E-state index in [4.69, 9.17) is 14.2 Å². The molecule has 3 aromatic rings. The van der Waals surface area contributed by atoms with Crippen LogP contribution < -0.4 is 10.2 Å². The first-order chi connectivity index (χ1) is 18.6. The molecule has 2 aliphatic rings. The van der Waals surface area contributed by atoms with E-state index in [1.165, 1.54) is 13.3 Å². The average molecular weight is 517 g/mol. The van der Waals surface area contributed by atoms with Crippen LogP contribution in [0.5, 0.6) is 5.75 Å². The quantitative estimate of drug-likeness (QED) is 0.326. The molecule has 0 spiro atoms. The van der Waals surface area contributed by atoms with Crippen LogP contribution in [0.4, 0.5) is 0 Å². The number of aromatic nitrogens is 1. The first kappa shape index (κ1) is 25.7. The number of methoxy groups -OCH3 is 1. The van der Waals surface area contributed by atoms with Crippen molar-refractivity contribution in [2.75, 3.05) is 26.9 Å². The summed E-state index contributed by atoms with van der Waals surface area (Å²) in [7, 11) is 1.23. The van der Waals surface area contributed by atoms with Crippen LogP contribution in [0.25, 0.3) is 0 Å². The van der Waals surface area contributed by atoms with Crippen LogP contribution in [0.3, 0.4) is 0 Å². The van der Waals surface area contributed by atoms with Gasteiger partial charge in [-0.2, -0.15) is 0 Å². The molecular formula is C30H32N2O6. The first-order valence-electron chi connectivity index (χ1n) is 13.1. The van der Waals surface area contributed by atoms with E-state index in [2.05, 4.69) is 0 Å². The zero-order chi connectivity index (χ0) is 26.6. The molecule has 0 aliphatic carbocycles. The van der Waals surface area contributed by atoms with Crippen LogP contribution in [-0.2, 0) is 9.47 Å². The summed E-state index contributed by atoms with van der Waals surface area (Å²) in [6.07, 6.45) is 3.08. The average Bonchev–Trinajstić information content (AvgIpc) is 2.96. The SMILES string of the molecule is CCCCOc1c2n(cc(C(=O)OC)c1=O)[C@@H](C(c1ccccc1)c1ccccc1)[C@@H]1OCCCN1C2=O. The fourth-order valence-electron chi connectivity index (χ4n) is 5.42. The summed E-state index contributed by atoms with van der Waals surface area (Å²) in [6.45, 7) is 3.26. The van der Waals surface area contributed by atoms with E-state index in [9.17, 15) is 14.4 Å². The van der Waals surface area contributed by atoms with Crippen LogP contribution in [0.15, 0.2) is 71.7 Å². The lowest BCUT2D eigenvalue weighted by atomic mass is 9.82. The molecule has 5 rings (SSSR count). The predicted octanol–water partition coefficient (Wildman–Crippen LogP) is 4.39. The maximum absolute atomic E-state index is 13.9. The van der Waals surface area contributed by atoms with Gasteiger partial charge in [0.15, 0.2) is 17.7 Å². The van der Waals surface area contributed by atoms with E-state index in [1.54, 1.807) is 9.47 Å². The van der Waals surface area contributed by atoms with Crippen LogP contribution in [0, 0.1) is 0 Å². The maximum Gasteiger partial charge on any atom is 0.343 e. The Bertz CT molecular complexity index is 1310. The van der Waals surface area contributed by atoms with E-state index in [0.717, 1.165) is 17.5 Å². The number of carbonyl (C=O) groups excluding carboxylic acids is 2. The number of unbranched alkanes of at least 4 members (excludes halogenated alkanes) is 1. The van der Waals surface area contributed by atoms with Gasteiger partial charge in [0.1, 0.15) is 5.56 Å². The van der Waals surface area contributed by atoms with Gasteiger partial charge in [0.2, 0.25) is 5.43 Å². The zero-order valence-corrected chi connectivity index (χ0v) is 21.7. The smallest absolute Gasteiger partial charge is 0.343 e. The normalized spacial score (nSPS) is 18.6. The van der Waals surface area contributed by atoms with Crippen LogP contribution in [-0.4, -0.2) is 54.4 Å². The number of hydrogen-bond acceptors (Lipinski definition) is 6. The highest BCUT2D eigenvalue weighted by Gasteiger charge is 2.48. The molecule has 0 saturated carbocycles. The number of ether oxygens (including phenoxy) is 3. The number of amides is 1. The standard InChI is InChI=1S/C30H32N2O6/c1-3-4-17-37-27-25-28(34)31-16-11-18-38-29(31)24(32(25)19-22(26(27)33)30(35)36-2)23(20-12-7-5-8-13-20)21-14-9-6-10-15-21/h5-10,12-15,19,23-24,29H,3-4,11,16-18H2,1-2H3/t24-,29-/m0/s1. The number of fused-ring (bicyclic) bond motifs is 2. The van der Waals surface area contributed by atoms with Crippen molar-refractivity contribution in [1.82, 2.24) is 9.47 Å². The van der Waals surface area contributed by atoms with Gasteiger partial charge in [0.05, 0.1) is 26.4 Å². The van der Waals surface area contributed by atoms with Crippen LogP contribution >= 0.6 is 0 Å². The summed E-state index contributed by atoms with van der Waals surface area (Å²) in [5.41, 5.74) is 1.36. The molecule has 3 heterocycles. The number of hydrogen-bond donors (Lipinski definition) is 0. The number of pyridine rings is 1. The minimum atomic E-state index is -0.778. The fourth-order valence-corrected chi connectivity index (χ4v) is 5.42. The molecule has 2 atom stereocenters. The van der Waals surface area contributed by atoms with Crippen LogP contribution in [0.2, 0.25) is 0 Å². The van der Waals surface area contributed by atoms with E-state index in [1.807, 2.05) is 67.6 Å². The van der Waals surface area contributed by atoms with E-state index in [-0.39, 0.29) is 35.4 Å². The molecule has 1 fully saturated rings. The fraction of sp³-hybridized carbons (Fsp3) is 0.367. The molecule has 1 saturated heterocycles. The Kier molecular flexibility index (Phi) is 7.60. The molecular weight excluding hydrogens is 484 g/mol. The topological polar surface area (TPSA) is 87.1 Å². The first-order valence-corrected chi connectivity index (χ1v) is 13.1. The monoisotopic (exact) mass is 516 g/mol. The van der Waals surface area contributed by atoms with Gasteiger partial charge in [-0.1, -0.05) is 74.0 Å². The van der Waals surface area contributed by atoms with E-state index < -0.39 is 23.7 Å². The lowest BCUT2D eigenvalue weighted by Gasteiger charge is -2.48. The van der Waals surface area contributed by atoms with Crippen molar-refractivity contribution < 1.29 is 23.8 Å². The number of esters is 1. The lowest BCUT2D eigenvalue weighted by Crippen LogP contribution is -2.57. The zero-order valence-electron chi connectivity index (χ0n) is 21.7. The summed E-state index contributed by atoms with van der Waals surface area (Å²) in [4.78, 5) is 41.9. The molecule has 0 unspecified atom stereocenters. The number of carbonyl (C=O) groups is 2. The third kappa shape index (κ3) is 4.60. The largest absolute Gasteiger partial charge is 0.487 e. The lowest BCUT2D eigenvalue weighted by molar-refractivity contribution is -0.114. The van der Waals surface area contributed by atoms with Gasteiger partial charge in [0.25, 0.3) is 5.91 Å². The summed E-state index contributed by atoms with van der Waals surface area (Å²) < 4.78 is 18.9. The highest BCUT2D eigenvalue weighted by Crippen LogP contribution is 2.44. The Balaban J connectivity index is 1.80. The van der Waals surface area contributed by atoms with Crippen molar-refractivity contribution in [3.05, 3.63) is 99.5 Å². The molecule has 0 radical (unpaired) electrons. The molecule has 2 aliphatic heterocycles. The van der Waals surface area contributed by atoms with E-state index >= 15 is 0 Å². The van der Waals surface area contributed by atoms with Gasteiger partial charge < -0.3 is 23.7 Å². The molecule has 2 aromatic carbocycles. The van der Waals surface area contributed by atoms with Crippen molar-refractivity contribution in [1.29, 1.82) is 0 Å². The summed E-state index contributed by atoms with van der Waals surface area (Å²) in [5.74, 6) is -1.49. The minimum Gasteiger partial charge on any atom is -0.487 e. The summed E-state index contributed by atoms with van der Waals surface area (Å²) >= 11 is 0. The minimum absolute atomic E-state index is 0.111. The molecule has 38 heavy (non-hydrogen) atoms. The van der Waals surface area contributed by atoms with Crippen molar-refractivity contribution in [2.45, 2.75) is 44.4 Å². The van der Waals surface area contributed by atoms with Crippen molar-refractivity contribution in [2.24, 2.45) is 0 Å². The number of rotatable bonds is 8. The molecule has 1 aromatic heterocycles. The molecule has 8 heteroatoms. The Labute approximate surface area is 221 Å². The van der Waals surface area contributed by atoms with Crippen molar-refractivity contribution >= 4 is 11.9 Å². The number of benzene rings is 2. The molecule has 198 valence electrons. The Morgan fingerprint density at radius 2 is 1.71 bits per heavy atom. The summed E-state index contributed by atoms with van der Waals surface area (Å²) in [6, 6.07) is 19.5. The van der Waals surface area contributed by atoms with Crippen molar-refractivity contribution in [3.63, 3.8) is 0 Å². The Hall–Kier alpha value is -3.91. The Morgan fingerprint density at radius 3 is 2.32 bits per heavy atom. The second-order valence-electron chi connectivity index (χ2n) is 9.55. The third-order valence-electron chi connectivity index (χ3n) is 7.22. The Morgan fingerprint density at radius 1 is 1.05 bits per heavy atom. The van der Waals surface area contributed by atoms with Gasteiger partial charge >= 0.3 is 5.97 Å². The van der Waals surface area contributed by atoms with Gasteiger partial charge in [-0.3, -0.25) is 9.59 Å². The summed E-state index contributed by atoms with van der Waals surface area (Å²) in [5, 5.41) is 0. The highest BCUT2D eigenvalue weighted by atomic mass is 16.5. The van der Waals surface area contributed by atoms with Crippen molar-refractivity contribution in [3.8, 4) is 5.75 Å². The molecule has 8 nitrogen and oxygen atoms in total. The van der Waals surface area contributed by atoms with Gasteiger partial charge in [0, 0.05) is 18.7 Å². The van der Waals surface area contributed by atoms with Crippen LogP contribution in [0.1, 0.15) is 70.1 Å². The molecule has 1 amide bonds. The maximum atomic E-state index is 13.9. The number of nitrogens with zero attached hydrogens (tertiary/aromatic N) is 2. The van der Waals surface area contributed by atoms with Gasteiger partial charge in [-0.25, -0.2) is 4.79 Å². The van der Waals surface area contributed by atoms with Gasteiger partial charge in [-0.05, 0) is 24.0 Å². The third-order valence-corrected chi connectivity index (χ3v) is 7.22. The second-order valence-corrected chi connectivity index (χ2v) is 9.55. The molecule has 0 N–H and O–H groups in total. The highest BCUT2D eigenvalue weighted by molar-refractivity contribution is 5.98. The molecule has 0 bridgehead atoms. The second kappa shape index (κ2) is 11.2. The predicted molar refractivity (Wildman–Crippen MR) is 142 cm³/mol. The van der Waals surface area contributed by atoms with E-state index in [0.29, 0.717) is 26.0 Å². The van der Waals surface area contributed by atoms with Gasteiger partial charge in [-0.15, -0.1) is 0 Å².